The quantitative estimate of drug-likeness (QED) is 0.625. The van der Waals surface area contributed by atoms with E-state index in [9.17, 15) is 0 Å². The minimum atomic E-state index is 0.0495. The molecule has 1 aromatic heterocycles. The van der Waals surface area contributed by atoms with Gasteiger partial charge < -0.3 is 4.90 Å². The Kier molecular flexibility index (Phi) is 3.54. The maximum atomic E-state index is 2.74. The van der Waals surface area contributed by atoms with Crippen molar-refractivity contribution < 1.29 is 4.57 Å². The molecule has 0 N–H and O–H groups in total. The van der Waals surface area contributed by atoms with Crippen molar-refractivity contribution in [1.29, 1.82) is 0 Å². The predicted molar refractivity (Wildman–Crippen MR) is 116 cm³/mol. The van der Waals surface area contributed by atoms with Crippen LogP contribution in [0.2, 0.25) is 0 Å². The fourth-order valence-electron chi connectivity index (χ4n) is 6.99. The van der Waals surface area contributed by atoms with E-state index in [1.165, 1.54) is 47.7 Å². The second kappa shape index (κ2) is 5.43. The zero-order valence-electron chi connectivity index (χ0n) is 18.8. The number of piperidine rings is 1. The van der Waals surface area contributed by atoms with Gasteiger partial charge in [-0.1, -0.05) is 32.9 Å². The zero-order valence-corrected chi connectivity index (χ0v) is 18.8. The third-order valence-electron chi connectivity index (χ3n) is 9.19. The second-order valence-electron chi connectivity index (χ2n) is 10.0. The summed E-state index contributed by atoms with van der Waals surface area (Å²) in [5, 5.41) is 0. The molecular formula is C25H36N3+. The summed E-state index contributed by atoms with van der Waals surface area (Å²) in [6, 6.07) is 7.13. The number of nitrogens with zero attached hydrogens (tertiary/aromatic N) is 3. The summed E-state index contributed by atoms with van der Waals surface area (Å²) in [4.78, 5) is 2.73. The molecule has 3 atom stereocenters. The van der Waals surface area contributed by atoms with E-state index in [0.717, 1.165) is 19.4 Å². The Hall–Kier alpha value is -1.77. The van der Waals surface area contributed by atoms with Crippen molar-refractivity contribution in [3.63, 3.8) is 0 Å². The predicted octanol–water partition coefficient (Wildman–Crippen LogP) is 5.54. The first-order valence-corrected chi connectivity index (χ1v) is 11.3. The standard InChI is InChI=1S/C25H36N3/c1-8-23(5)19-13-12-14-20-21(19)22-27(24(23,6)9-2)17(3)18(4)28(22)25(7)15-10-11-16-26(20)25/h12-14H,8-11,15-16H2,1-7H3/q+1. The van der Waals surface area contributed by atoms with Gasteiger partial charge in [0.1, 0.15) is 16.9 Å². The van der Waals surface area contributed by atoms with Crippen molar-refractivity contribution in [1.82, 2.24) is 4.57 Å². The summed E-state index contributed by atoms with van der Waals surface area (Å²) in [6.07, 6.45) is 6.14. The van der Waals surface area contributed by atoms with Crippen molar-refractivity contribution in [3.8, 4) is 11.4 Å². The van der Waals surface area contributed by atoms with Gasteiger partial charge in [-0.05, 0) is 51.2 Å². The number of aromatic nitrogens is 2. The van der Waals surface area contributed by atoms with Crippen molar-refractivity contribution >= 4 is 5.69 Å². The van der Waals surface area contributed by atoms with E-state index in [4.69, 9.17) is 0 Å². The van der Waals surface area contributed by atoms with Crippen LogP contribution in [0.25, 0.3) is 11.4 Å². The van der Waals surface area contributed by atoms with Gasteiger partial charge in [0.25, 0.3) is 5.82 Å². The van der Waals surface area contributed by atoms with Gasteiger partial charge in [-0.2, -0.15) is 0 Å². The van der Waals surface area contributed by atoms with Gasteiger partial charge in [-0.3, -0.25) is 0 Å². The Morgan fingerprint density at radius 1 is 1.04 bits per heavy atom. The van der Waals surface area contributed by atoms with E-state index in [0.29, 0.717) is 0 Å². The van der Waals surface area contributed by atoms with E-state index in [1.807, 2.05) is 0 Å². The number of hydrogen-bond donors (Lipinski definition) is 0. The highest BCUT2D eigenvalue weighted by molar-refractivity contribution is 5.82. The monoisotopic (exact) mass is 378 g/mol. The maximum absolute atomic E-state index is 2.74. The van der Waals surface area contributed by atoms with E-state index < -0.39 is 0 Å². The summed E-state index contributed by atoms with van der Waals surface area (Å²) < 4.78 is 5.46. The largest absolute Gasteiger partial charge is 0.330 e. The molecule has 4 heterocycles. The summed E-state index contributed by atoms with van der Waals surface area (Å²) >= 11 is 0. The highest BCUT2D eigenvalue weighted by Gasteiger charge is 2.61. The molecule has 2 aromatic rings. The van der Waals surface area contributed by atoms with Gasteiger partial charge in [-0.15, -0.1) is 0 Å². The molecule has 1 aromatic carbocycles. The minimum absolute atomic E-state index is 0.0495. The van der Waals surface area contributed by atoms with Crippen LogP contribution in [0.3, 0.4) is 0 Å². The molecule has 0 bridgehead atoms. The first-order chi connectivity index (χ1) is 13.3. The van der Waals surface area contributed by atoms with Crippen LogP contribution in [-0.2, 0) is 16.6 Å². The molecule has 0 amide bonds. The number of hydrogen-bond acceptors (Lipinski definition) is 1. The zero-order chi connectivity index (χ0) is 20.1. The Bertz CT molecular complexity index is 986. The molecule has 1 saturated heterocycles. The molecule has 0 saturated carbocycles. The van der Waals surface area contributed by atoms with E-state index in [2.05, 4.69) is 80.7 Å². The smallest absolute Gasteiger partial charge is 0.294 e. The van der Waals surface area contributed by atoms with Crippen LogP contribution in [-0.4, -0.2) is 11.1 Å². The van der Waals surface area contributed by atoms with Crippen LogP contribution < -0.4 is 9.47 Å². The number of imidazole rings is 1. The molecule has 3 unspecified atom stereocenters. The molecular weight excluding hydrogens is 342 g/mol. The van der Waals surface area contributed by atoms with Gasteiger partial charge in [0.15, 0.2) is 5.66 Å². The van der Waals surface area contributed by atoms with E-state index in [-0.39, 0.29) is 16.6 Å². The summed E-state index contributed by atoms with van der Waals surface area (Å²) in [6.45, 7) is 18.1. The normalized spacial score (nSPS) is 32.9. The Labute approximate surface area is 170 Å². The lowest BCUT2D eigenvalue weighted by Gasteiger charge is -2.53. The fraction of sp³-hybridized carbons (Fsp3) is 0.640. The van der Waals surface area contributed by atoms with Crippen LogP contribution in [0.1, 0.15) is 83.7 Å². The van der Waals surface area contributed by atoms with Crippen molar-refractivity contribution in [2.75, 3.05) is 11.4 Å². The third kappa shape index (κ3) is 1.72. The lowest BCUT2D eigenvalue weighted by molar-refractivity contribution is -0.759. The molecule has 3 aliphatic rings. The molecule has 3 nitrogen and oxygen atoms in total. The molecule has 0 spiro atoms. The van der Waals surface area contributed by atoms with Gasteiger partial charge in [-0.25, -0.2) is 9.13 Å². The van der Waals surface area contributed by atoms with Crippen molar-refractivity contribution in [2.24, 2.45) is 0 Å². The van der Waals surface area contributed by atoms with Crippen LogP contribution in [0.5, 0.6) is 0 Å². The third-order valence-corrected chi connectivity index (χ3v) is 9.19. The average molecular weight is 379 g/mol. The van der Waals surface area contributed by atoms with Crippen LogP contribution in [0.15, 0.2) is 18.2 Å². The number of fused-ring (bicyclic) bond motifs is 3. The Morgan fingerprint density at radius 3 is 2.46 bits per heavy atom. The number of rotatable bonds is 2. The average Bonchev–Trinajstić information content (AvgIpc) is 2.98. The Morgan fingerprint density at radius 2 is 1.79 bits per heavy atom. The lowest BCUT2D eigenvalue weighted by atomic mass is 9.60. The van der Waals surface area contributed by atoms with Crippen LogP contribution in [0, 0.1) is 13.8 Å². The topological polar surface area (TPSA) is 12.0 Å². The second-order valence-corrected chi connectivity index (χ2v) is 10.0. The Balaban J connectivity index is 2.00. The summed E-state index contributed by atoms with van der Waals surface area (Å²) in [5.74, 6) is 1.47. The number of benzene rings is 1. The first-order valence-electron chi connectivity index (χ1n) is 11.3. The van der Waals surface area contributed by atoms with Gasteiger partial charge >= 0.3 is 0 Å². The van der Waals surface area contributed by atoms with Gasteiger partial charge in [0, 0.05) is 32.2 Å². The molecule has 150 valence electrons. The van der Waals surface area contributed by atoms with Crippen molar-refractivity contribution in [3.05, 3.63) is 35.2 Å². The summed E-state index contributed by atoms with van der Waals surface area (Å²) in [7, 11) is 0. The summed E-state index contributed by atoms with van der Waals surface area (Å²) in [5.41, 5.74) is 7.69. The molecule has 3 heteroatoms. The molecule has 3 aliphatic heterocycles. The lowest BCUT2D eigenvalue weighted by Crippen LogP contribution is -2.70. The molecule has 28 heavy (non-hydrogen) atoms. The maximum Gasteiger partial charge on any atom is 0.294 e. The van der Waals surface area contributed by atoms with E-state index in [1.54, 1.807) is 5.56 Å². The minimum Gasteiger partial charge on any atom is -0.330 e. The van der Waals surface area contributed by atoms with Crippen LogP contribution in [0.4, 0.5) is 5.69 Å². The van der Waals surface area contributed by atoms with E-state index >= 15 is 0 Å². The van der Waals surface area contributed by atoms with Crippen molar-refractivity contribution in [2.45, 2.75) is 97.2 Å². The first kappa shape index (κ1) is 18.3. The van der Waals surface area contributed by atoms with Gasteiger partial charge in [0.05, 0.1) is 11.3 Å². The fourth-order valence-corrected chi connectivity index (χ4v) is 6.99. The molecule has 1 fully saturated rings. The van der Waals surface area contributed by atoms with Gasteiger partial charge in [0.2, 0.25) is 0 Å². The SMILES string of the molecule is CCC1(C)c2cccc3c2-c2n(c(C)c(C)[n+]2C2(C)CCCCN32)C1(C)CC. The number of anilines is 1. The molecule has 0 aliphatic carbocycles. The highest BCUT2D eigenvalue weighted by atomic mass is 15.4. The molecule has 0 radical (unpaired) electrons. The van der Waals surface area contributed by atoms with Crippen LogP contribution >= 0.6 is 0 Å². The highest BCUT2D eigenvalue weighted by Crippen LogP contribution is 2.58. The molecule has 5 rings (SSSR count).